The number of benzene rings is 2. The van der Waals surface area contributed by atoms with Gasteiger partial charge in [0.15, 0.2) is 5.79 Å². The highest BCUT2D eigenvalue weighted by Gasteiger charge is 2.28. The summed E-state index contributed by atoms with van der Waals surface area (Å²) in [6.45, 7) is 15.1. The van der Waals surface area contributed by atoms with Crippen LogP contribution in [-0.4, -0.2) is 37.0 Å². The van der Waals surface area contributed by atoms with Gasteiger partial charge in [-0.25, -0.2) is 0 Å². The minimum atomic E-state index is -0.504. The molecule has 1 aliphatic heterocycles. The average Bonchev–Trinajstić information content (AvgIpc) is 2.72. The van der Waals surface area contributed by atoms with Gasteiger partial charge in [-0.3, -0.25) is 4.79 Å². The van der Waals surface area contributed by atoms with Gasteiger partial charge in [0.05, 0.1) is 19.3 Å². The molecule has 1 saturated heterocycles. The molecule has 1 aliphatic rings. The Hall–Kier alpha value is -2.63. The van der Waals surface area contributed by atoms with E-state index in [0.717, 1.165) is 16.8 Å². The maximum Gasteiger partial charge on any atom is 0.247 e. The quantitative estimate of drug-likeness (QED) is 0.590. The van der Waals surface area contributed by atoms with Gasteiger partial charge in [-0.2, -0.15) is 0 Å². The summed E-state index contributed by atoms with van der Waals surface area (Å²) in [6.07, 6.45) is 1.96. The lowest BCUT2D eigenvalue weighted by atomic mass is 9.94. The second-order valence-corrected chi connectivity index (χ2v) is 9.42. The maximum atomic E-state index is 12.2. The molecule has 0 unspecified atom stereocenters. The third-order valence-electron chi connectivity index (χ3n) is 5.59. The molecule has 0 aromatic heterocycles. The molecule has 5 nitrogen and oxygen atoms in total. The van der Waals surface area contributed by atoms with Crippen LogP contribution >= 0.6 is 0 Å². The maximum absolute atomic E-state index is 12.2. The summed E-state index contributed by atoms with van der Waals surface area (Å²) >= 11 is 0. The lowest BCUT2D eigenvalue weighted by Gasteiger charge is -2.35. The van der Waals surface area contributed by atoms with Crippen LogP contribution in [0.3, 0.4) is 0 Å². The summed E-state index contributed by atoms with van der Waals surface area (Å²) in [7, 11) is 0. The number of hydrogen-bond donors (Lipinski definition) is 2. The van der Waals surface area contributed by atoms with Crippen LogP contribution in [0.25, 0.3) is 17.2 Å². The first-order valence-electron chi connectivity index (χ1n) is 11.3. The van der Waals surface area contributed by atoms with Crippen molar-refractivity contribution < 1.29 is 14.3 Å². The zero-order chi connectivity index (χ0) is 23.5. The van der Waals surface area contributed by atoms with Crippen LogP contribution in [0.15, 0.2) is 42.0 Å². The first kappa shape index (κ1) is 24.0. The van der Waals surface area contributed by atoms with Crippen LogP contribution in [0.2, 0.25) is 0 Å². The molecule has 1 fully saturated rings. The van der Waals surface area contributed by atoms with Gasteiger partial charge in [0.2, 0.25) is 5.91 Å². The normalized spacial score (nSPS) is 16.8. The monoisotopic (exact) mass is 436 g/mol. The minimum absolute atomic E-state index is 0.0263. The van der Waals surface area contributed by atoms with Gasteiger partial charge in [0.25, 0.3) is 0 Å². The van der Waals surface area contributed by atoms with Crippen LogP contribution in [0, 0.1) is 13.8 Å². The van der Waals surface area contributed by atoms with Crippen molar-refractivity contribution in [1.29, 1.82) is 0 Å². The molecule has 0 radical (unpaired) electrons. The molecule has 1 heterocycles. The molecule has 0 atom stereocenters. The molecular weight excluding hydrogens is 400 g/mol. The Bertz CT molecular complexity index is 981. The molecule has 0 aliphatic carbocycles. The summed E-state index contributed by atoms with van der Waals surface area (Å²) in [6, 6.07) is 13.1. The van der Waals surface area contributed by atoms with Crippen LogP contribution in [0.4, 0.5) is 5.69 Å². The van der Waals surface area contributed by atoms with Crippen molar-refractivity contribution in [1.82, 2.24) is 5.32 Å². The van der Waals surface area contributed by atoms with E-state index in [2.05, 4.69) is 60.9 Å². The molecule has 0 bridgehead atoms. The number of anilines is 1. The fraction of sp³-hybridized carbons (Fsp3) is 0.444. The highest BCUT2D eigenvalue weighted by molar-refractivity contribution is 5.97. The number of ether oxygens (including phenoxy) is 2. The Kier molecular flexibility index (Phi) is 7.42. The molecule has 172 valence electrons. The Morgan fingerprint density at radius 2 is 1.69 bits per heavy atom. The predicted octanol–water partition coefficient (Wildman–Crippen LogP) is 5.46. The number of nitrogens with one attached hydrogen (secondary N) is 2. The highest BCUT2D eigenvalue weighted by atomic mass is 16.7. The lowest BCUT2D eigenvalue weighted by Crippen LogP contribution is -2.45. The van der Waals surface area contributed by atoms with Crippen LogP contribution < -0.4 is 10.6 Å². The lowest BCUT2D eigenvalue weighted by molar-refractivity contribution is -0.247. The fourth-order valence-electron chi connectivity index (χ4n) is 3.74. The molecule has 1 amide bonds. The molecule has 0 saturated carbocycles. The summed E-state index contributed by atoms with van der Waals surface area (Å²) in [5.41, 5.74) is 7.51. The van der Waals surface area contributed by atoms with Crippen molar-refractivity contribution in [3.8, 4) is 11.1 Å². The fourth-order valence-corrected chi connectivity index (χ4v) is 3.74. The zero-order valence-corrected chi connectivity index (χ0v) is 20.3. The van der Waals surface area contributed by atoms with E-state index in [9.17, 15) is 4.79 Å². The number of hydrogen-bond acceptors (Lipinski definition) is 4. The molecule has 2 N–H and O–H groups in total. The molecule has 3 rings (SSSR count). The molecule has 2 aromatic rings. The van der Waals surface area contributed by atoms with Gasteiger partial charge in [0, 0.05) is 17.3 Å². The van der Waals surface area contributed by atoms with Crippen molar-refractivity contribution in [3.05, 3.63) is 58.7 Å². The smallest absolute Gasteiger partial charge is 0.247 e. The topological polar surface area (TPSA) is 59.6 Å². The zero-order valence-electron chi connectivity index (χ0n) is 20.3. The van der Waals surface area contributed by atoms with E-state index >= 15 is 0 Å². The number of carbonyl (C=O) groups excluding carboxylic acids is 1. The largest absolute Gasteiger partial charge is 0.378 e. The second-order valence-electron chi connectivity index (χ2n) is 9.42. The van der Waals surface area contributed by atoms with E-state index in [0.29, 0.717) is 18.8 Å². The van der Waals surface area contributed by atoms with Gasteiger partial charge in [-0.15, -0.1) is 0 Å². The average molecular weight is 437 g/mol. The van der Waals surface area contributed by atoms with Gasteiger partial charge in [0.1, 0.15) is 0 Å². The number of carbonyl (C=O) groups is 1. The summed E-state index contributed by atoms with van der Waals surface area (Å²) in [5.74, 6) is -0.531. The van der Waals surface area contributed by atoms with Gasteiger partial charge >= 0.3 is 0 Å². The summed E-state index contributed by atoms with van der Waals surface area (Å²) in [5, 5.41) is 6.43. The van der Waals surface area contributed by atoms with Crippen LogP contribution in [0.1, 0.15) is 51.3 Å². The molecule has 32 heavy (non-hydrogen) atoms. The van der Waals surface area contributed by atoms with E-state index in [4.69, 9.17) is 9.47 Å². The minimum Gasteiger partial charge on any atom is -0.378 e. The van der Waals surface area contributed by atoms with E-state index in [1.807, 2.05) is 40.7 Å². The first-order chi connectivity index (χ1) is 15.0. The molecule has 0 spiro atoms. The Morgan fingerprint density at radius 1 is 1.06 bits per heavy atom. The van der Waals surface area contributed by atoms with Crippen LogP contribution in [0.5, 0.6) is 0 Å². The van der Waals surface area contributed by atoms with Crippen molar-refractivity contribution in [3.63, 3.8) is 0 Å². The third-order valence-corrected chi connectivity index (χ3v) is 5.59. The van der Waals surface area contributed by atoms with Crippen molar-refractivity contribution in [2.24, 2.45) is 0 Å². The third kappa shape index (κ3) is 6.21. The Labute approximate surface area is 192 Å². The second kappa shape index (κ2) is 9.88. The van der Waals surface area contributed by atoms with Crippen molar-refractivity contribution in [2.75, 3.05) is 18.5 Å². The van der Waals surface area contributed by atoms with E-state index in [1.54, 1.807) is 0 Å². The number of aryl methyl sites for hydroxylation is 2. The molecule has 2 aromatic carbocycles. The van der Waals surface area contributed by atoms with Crippen LogP contribution in [-0.2, 0) is 14.3 Å². The van der Waals surface area contributed by atoms with Gasteiger partial charge in [-0.1, -0.05) is 24.3 Å². The van der Waals surface area contributed by atoms with E-state index in [1.165, 1.54) is 16.7 Å². The first-order valence-corrected chi connectivity index (χ1v) is 11.3. The predicted molar refractivity (Wildman–Crippen MR) is 132 cm³/mol. The van der Waals surface area contributed by atoms with Gasteiger partial charge in [-0.05, 0) is 94.5 Å². The number of amides is 1. The molecule has 5 heteroatoms. The number of rotatable bonds is 6. The summed E-state index contributed by atoms with van der Waals surface area (Å²) < 4.78 is 11.5. The Balaban J connectivity index is 1.73. The standard InChI is InChI=1S/C27H36N2O3/c1-17(2)28-26(30)20(5)13-22-12-19(4)25(14-18(22)3)21-8-10-23(11-9-21)29-24-15-31-27(6,7)32-16-24/h8-14,17,24,29H,15-16H2,1-7H3,(H,28,30). The SMILES string of the molecule is CC(=Cc1cc(C)c(-c2ccc(NC3COC(C)(C)OC3)cc2)cc1C)C(=O)NC(C)C. The van der Waals surface area contributed by atoms with E-state index in [-0.39, 0.29) is 18.0 Å². The van der Waals surface area contributed by atoms with Crippen molar-refractivity contribution >= 4 is 17.7 Å². The summed E-state index contributed by atoms with van der Waals surface area (Å²) in [4.78, 5) is 12.2. The molecular formula is C27H36N2O3. The van der Waals surface area contributed by atoms with Gasteiger partial charge < -0.3 is 20.1 Å². The van der Waals surface area contributed by atoms with E-state index < -0.39 is 5.79 Å². The Morgan fingerprint density at radius 3 is 2.28 bits per heavy atom. The highest BCUT2D eigenvalue weighted by Crippen LogP contribution is 2.29. The van der Waals surface area contributed by atoms with Crippen molar-refractivity contribution in [2.45, 2.75) is 66.3 Å².